The summed E-state index contributed by atoms with van der Waals surface area (Å²) in [6.07, 6.45) is 5.31. The Kier molecular flexibility index (Phi) is 10.5. The first-order valence-corrected chi connectivity index (χ1v) is 9.89. The fourth-order valence-electron chi connectivity index (χ4n) is 2.72. The Bertz CT molecular complexity index is 678. The molecule has 0 saturated heterocycles. The van der Waals surface area contributed by atoms with Crippen LogP contribution in [0.1, 0.15) is 46.1 Å². The lowest BCUT2D eigenvalue weighted by Crippen LogP contribution is -2.61. The molecule has 1 N–H and O–H groups in total. The summed E-state index contributed by atoms with van der Waals surface area (Å²) < 4.78 is 15.7. The third-order valence-electron chi connectivity index (χ3n) is 4.10. The van der Waals surface area contributed by atoms with Gasteiger partial charge in [0.25, 0.3) is 0 Å². The molecule has 0 fully saturated rings. The highest BCUT2D eigenvalue weighted by Crippen LogP contribution is 2.21. The number of hydrogen-bond donors (Lipinski definition) is 1. The number of amides is 1. The lowest BCUT2D eigenvalue weighted by molar-refractivity contribution is -0.168. The summed E-state index contributed by atoms with van der Waals surface area (Å²) in [5.74, 6) is -1.44. The van der Waals surface area contributed by atoms with E-state index in [4.69, 9.17) is 14.2 Å². The van der Waals surface area contributed by atoms with E-state index in [0.29, 0.717) is 13.0 Å². The first-order valence-electron chi connectivity index (χ1n) is 9.89. The van der Waals surface area contributed by atoms with Gasteiger partial charge in [0.1, 0.15) is 12.4 Å². The molecule has 0 aromatic heterocycles. The minimum atomic E-state index is -1.88. The molecule has 0 atom stereocenters. The molecule has 7 heteroatoms. The van der Waals surface area contributed by atoms with Crippen LogP contribution in [0, 0.1) is 0 Å². The molecule has 1 aromatic rings. The molecule has 7 nitrogen and oxygen atoms in total. The van der Waals surface area contributed by atoms with Crippen LogP contribution in [-0.4, -0.2) is 43.2 Å². The van der Waals surface area contributed by atoms with Crippen molar-refractivity contribution in [3.05, 3.63) is 42.0 Å². The molecule has 0 aliphatic carbocycles. The van der Waals surface area contributed by atoms with E-state index >= 15 is 0 Å². The van der Waals surface area contributed by atoms with Crippen molar-refractivity contribution >= 4 is 17.8 Å². The summed E-state index contributed by atoms with van der Waals surface area (Å²) in [5.41, 5.74) is -0.998. The third kappa shape index (κ3) is 7.60. The molecule has 0 bridgehead atoms. The maximum Gasteiger partial charge on any atom is 0.343 e. The van der Waals surface area contributed by atoms with Crippen molar-refractivity contribution in [3.8, 4) is 5.75 Å². The van der Waals surface area contributed by atoms with E-state index in [0.717, 1.165) is 17.7 Å². The highest BCUT2D eigenvalue weighted by Gasteiger charge is 2.49. The second-order valence-electron chi connectivity index (χ2n) is 6.36. The van der Waals surface area contributed by atoms with Crippen LogP contribution in [0.3, 0.4) is 0 Å². The van der Waals surface area contributed by atoms with E-state index in [1.54, 1.807) is 13.8 Å². The number of benzene rings is 1. The van der Waals surface area contributed by atoms with Gasteiger partial charge < -0.3 is 19.5 Å². The van der Waals surface area contributed by atoms with Gasteiger partial charge in [0.2, 0.25) is 11.4 Å². The van der Waals surface area contributed by atoms with Crippen molar-refractivity contribution in [2.75, 3.05) is 19.8 Å². The van der Waals surface area contributed by atoms with Gasteiger partial charge in [-0.05, 0) is 50.8 Å². The highest BCUT2D eigenvalue weighted by atomic mass is 16.6. The Morgan fingerprint density at radius 1 is 0.966 bits per heavy atom. The maximum absolute atomic E-state index is 12.6. The zero-order valence-corrected chi connectivity index (χ0v) is 17.7. The normalized spacial score (nSPS) is 11.2. The molecule has 0 aliphatic rings. The number of ether oxygens (including phenoxy) is 3. The van der Waals surface area contributed by atoms with Crippen LogP contribution in [-0.2, 0) is 30.3 Å². The zero-order valence-electron chi connectivity index (χ0n) is 17.7. The van der Waals surface area contributed by atoms with Gasteiger partial charge in [0.05, 0.1) is 13.2 Å². The first kappa shape index (κ1) is 24.2. The molecule has 1 rings (SSSR count). The fourth-order valence-corrected chi connectivity index (χ4v) is 2.72. The average molecular weight is 405 g/mol. The van der Waals surface area contributed by atoms with Crippen LogP contribution in [0.15, 0.2) is 36.4 Å². The summed E-state index contributed by atoms with van der Waals surface area (Å²) in [6.45, 7) is 7.22. The van der Waals surface area contributed by atoms with E-state index in [1.165, 1.54) is 6.92 Å². The van der Waals surface area contributed by atoms with Gasteiger partial charge in [-0.3, -0.25) is 4.79 Å². The third-order valence-corrected chi connectivity index (χ3v) is 4.10. The van der Waals surface area contributed by atoms with Crippen molar-refractivity contribution in [1.29, 1.82) is 0 Å². The molecule has 1 amide bonds. The van der Waals surface area contributed by atoms with Crippen LogP contribution >= 0.6 is 0 Å². The molecule has 0 unspecified atom stereocenters. The summed E-state index contributed by atoms with van der Waals surface area (Å²) >= 11 is 0. The minimum Gasteiger partial charge on any atom is -0.490 e. The predicted molar refractivity (Wildman–Crippen MR) is 110 cm³/mol. The number of allylic oxidation sites excluding steroid dienone is 1. The van der Waals surface area contributed by atoms with E-state index in [9.17, 15) is 14.4 Å². The molecule has 0 aliphatic heterocycles. The van der Waals surface area contributed by atoms with Crippen molar-refractivity contribution in [1.82, 2.24) is 5.32 Å². The Morgan fingerprint density at radius 3 is 2.03 bits per heavy atom. The summed E-state index contributed by atoms with van der Waals surface area (Å²) in [4.78, 5) is 36.9. The second-order valence-corrected chi connectivity index (χ2v) is 6.36. The molecule has 160 valence electrons. The largest absolute Gasteiger partial charge is 0.490 e. The van der Waals surface area contributed by atoms with Gasteiger partial charge in [-0.1, -0.05) is 31.2 Å². The van der Waals surface area contributed by atoms with E-state index in [-0.39, 0.29) is 19.6 Å². The smallest absolute Gasteiger partial charge is 0.343 e. The van der Waals surface area contributed by atoms with Gasteiger partial charge in [0, 0.05) is 6.92 Å². The molecule has 1 aromatic carbocycles. The lowest BCUT2D eigenvalue weighted by Gasteiger charge is -2.29. The maximum atomic E-state index is 12.6. The number of nitrogens with one attached hydrogen (secondary N) is 1. The van der Waals surface area contributed by atoms with Gasteiger partial charge in [-0.15, -0.1) is 0 Å². The molecule has 29 heavy (non-hydrogen) atoms. The number of rotatable bonds is 12. The Balaban J connectivity index is 2.95. The quantitative estimate of drug-likeness (QED) is 0.327. The molecule has 0 saturated carbocycles. The fraction of sp³-hybridized carbons (Fsp3) is 0.500. The van der Waals surface area contributed by atoms with Crippen LogP contribution in [0.2, 0.25) is 0 Å². The van der Waals surface area contributed by atoms with Crippen molar-refractivity contribution in [3.63, 3.8) is 0 Å². The number of carbonyl (C=O) groups is 3. The minimum absolute atomic E-state index is 0.0175. The van der Waals surface area contributed by atoms with Crippen LogP contribution < -0.4 is 10.1 Å². The van der Waals surface area contributed by atoms with Crippen LogP contribution in [0.25, 0.3) is 0 Å². The van der Waals surface area contributed by atoms with Crippen LogP contribution in [0.4, 0.5) is 0 Å². The molecular formula is C22H31NO6. The first-order chi connectivity index (χ1) is 13.9. The lowest BCUT2D eigenvalue weighted by atomic mass is 9.90. The van der Waals surface area contributed by atoms with E-state index < -0.39 is 23.4 Å². The second kappa shape index (κ2) is 12.6. The topological polar surface area (TPSA) is 90.9 Å². The number of aryl methyl sites for hydroxylation is 1. The van der Waals surface area contributed by atoms with Crippen LogP contribution in [0.5, 0.6) is 5.75 Å². The highest BCUT2D eigenvalue weighted by molar-refractivity contribution is 6.07. The van der Waals surface area contributed by atoms with Gasteiger partial charge in [-0.25, -0.2) is 9.59 Å². The summed E-state index contributed by atoms with van der Waals surface area (Å²) in [6, 6.07) is 7.36. The van der Waals surface area contributed by atoms with Crippen molar-refractivity contribution in [2.45, 2.75) is 52.5 Å². The van der Waals surface area contributed by atoms with E-state index in [1.807, 2.05) is 36.4 Å². The molecule has 0 radical (unpaired) electrons. The summed E-state index contributed by atoms with van der Waals surface area (Å²) in [5, 5.41) is 2.46. The average Bonchev–Trinajstić information content (AvgIpc) is 2.69. The number of carbonyl (C=O) groups excluding carboxylic acids is 3. The van der Waals surface area contributed by atoms with Gasteiger partial charge in [-0.2, -0.15) is 0 Å². The predicted octanol–water partition coefficient (Wildman–Crippen LogP) is 2.97. The number of esters is 2. The number of hydrogen-bond acceptors (Lipinski definition) is 6. The Labute approximate surface area is 172 Å². The standard InChI is InChI=1S/C22H31NO6/c1-5-8-9-16-29-19-12-10-18(11-13-19)14-15-22(23-17(4)24,20(25)27-6-2)21(26)28-7-3/h8-13H,5-7,14-16H2,1-4H3,(H,23,24). The van der Waals surface area contributed by atoms with Crippen molar-refractivity contribution < 1.29 is 28.6 Å². The molecule has 0 spiro atoms. The van der Waals surface area contributed by atoms with Gasteiger partial charge in [0.15, 0.2) is 0 Å². The molecule has 0 heterocycles. The van der Waals surface area contributed by atoms with Crippen molar-refractivity contribution in [2.24, 2.45) is 0 Å². The SMILES string of the molecule is CCC=CCOc1ccc(CCC(NC(C)=O)(C(=O)OCC)C(=O)OCC)cc1. The Morgan fingerprint density at radius 2 is 1.55 bits per heavy atom. The van der Waals surface area contributed by atoms with E-state index in [2.05, 4.69) is 12.2 Å². The monoisotopic (exact) mass is 405 g/mol. The zero-order chi connectivity index (χ0) is 21.7. The molecular weight excluding hydrogens is 374 g/mol. The summed E-state index contributed by atoms with van der Waals surface area (Å²) in [7, 11) is 0. The Hall–Kier alpha value is -2.83. The van der Waals surface area contributed by atoms with Gasteiger partial charge >= 0.3 is 11.9 Å².